The number of fused-ring (bicyclic) bond motifs is 1. The molecule has 1 aliphatic rings. The Morgan fingerprint density at radius 2 is 1.76 bits per heavy atom. The van der Waals surface area contributed by atoms with Crippen molar-refractivity contribution in [2.75, 3.05) is 31.1 Å². The van der Waals surface area contributed by atoms with Crippen LogP contribution in [0.3, 0.4) is 0 Å². The molecule has 0 N–H and O–H groups in total. The lowest BCUT2D eigenvalue weighted by atomic mass is 10.2. The van der Waals surface area contributed by atoms with E-state index in [1.165, 1.54) is 21.7 Å². The van der Waals surface area contributed by atoms with E-state index in [9.17, 15) is 21.6 Å². The maximum Gasteiger partial charge on any atom is 0.416 e. The van der Waals surface area contributed by atoms with E-state index in [-0.39, 0.29) is 18.0 Å². The van der Waals surface area contributed by atoms with Crippen molar-refractivity contribution in [1.82, 2.24) is 9.29 Å². The van der Waals surface area contributed by atoms with Gasteiger partial charge in [0, 0.05) is 31.2 Å². The van der Waals surface area contributed by atoms with Gasteiger partial charge in [0.25, 0.3) is 0 Å². The Hall–Kier alpha value is -1.88. The first-order valence-corrected chi connectivity index (χ1v) is 11.3. The predicted molar refractivity (Wildman–Crippen MR) is 107 cm³/mol. The van der Waals surface area contributed by atoms with Gasteiger partial charge in [0.05, 0.1) is 20.7 Å². The third-order valence-corrected chi connectivity index (χ3v) is 7.86. The molecule has 4 rings (SSSR count). The molecule has 2 aromatic carbocycles. The zero-order chi connectivity index (χ0) is 20.8. The van der Waals surface area contributed by atoms with Crippen LogP contribution in [0.1, 0.15) is 5.56 Å². The topological polar surface area (TPSA) is 53.5 Å². The second-order valence-corrected chi connectivity index (χ2v) is 9.91. The Morgan fingerprint density at radius 1 is 1.03 bits per heavy atom. The number of halogens is 4. The summed E-state index contributed by atoms with van der Waals surface area (Å²) in [5.74, 6) is 0. The van der Waals surface area contributed by atoms with Gasteiger partial charge in [-0.15, -0.1) is 0 Å². The van der Waals surface area contributed by atoms with E-state index in [1.807, 2.05) is 17.0 Å². The Morgan fingerprint density at radius 3 is 2.45 bits per heavy atom. The molecule has 0 aliphatic carbocycles. The van der Waals surface area contributed by atoms with Gasteiger partial charge < -0.3 is 4.90 Å². The number of nitrogens with zero attached hydrogens (tertiary/aromatic N) is 3. The van der Waals surface area contributed by atoms with Gasteiger partial charge in [-0.2, -0.15) is 17.5 Å². The van der Waals surface area contributed by atoms with Crippen molar-refractivity contribution < 1.29 is 21.6 Å². The fraction of sp³-hybridized carbons (Fsp3) is 0.278. The highest BCUT2D eigenvalue weighted by Crippen LogP contribution is 2.33. The van der Waals surface area contributed by atoms with Crippen LogP contribution in [-0.2, 0) is 16.2 Å². The molecule has 1 aliphatic heterocycles. The normalized spacial score (nSPS) is 16.5. The molecule has 1 aromatic heterocycles. The predicted octanol–water partition coefficient (Wildman–Crippen LogP) is 4.48. The van der Waals surface area contributed by atoms with E-state index >= 15 is 0 Å². The number of alkyl halides is 3. The summed E-state index contributed by atoms with van der Waals surface area (Å²) in [6.45, 7) is 1.11. The van der Waals surface area contributed by atoms with Crippen molar-refractivity contribution in [3.05, 3.63) is 53.1 Å². The van der Waals surface area contributed by atoms with Crippen LogP contribution in [-0.4, -0.2) is 43.9 Å². The van der Waals surface area contributed by atoms with Crippen LogP contribution in [0.5, 0.6) is 0 Å². The van der Waals surface area contributed by atoms with Crippen molar-refractivity contribution >= 4 is 48.3 Å². The molecule has 0 radical (unpaired) electrons. The maximum absolute atomic E-state index is 12.9. The molecule has 1 saturated heterocycles. The van der Waals surface area contributed by atoms with Crippen LogP contribution >= 0.6 is 22.9 Å². The zero-order valence-electron chi connectivity index (χ0n) is 14.9. The molecule has 0 saturated carbocycles. The second-order valence-electron chi connectivity index (χ2n) is 6.53. The Bertz CT molecular complexity index is 1160. The van der Waals surface area contributed by atoms with Gasteiger partial charge in [-0.05, 0) is 36.4 Å². The number of benzene rings is 2. The zero-order valence-corrected chi connectivity index (χ0v) is 17.2. The van der Waals surface area contributed by atoms with Gasteiger partial charge in [0.2, 0.25) is 10.0 Å². The molecule has 2 heterocycles. The molecule has 0 atom stereocenters. The first kappa shape index (κ1) is 20.4. The third-order valence-electron chi connectivity index (χ3n) is 4.65. The third kappa shape index (κ3) is 4.07. The molecule has 11 heteroatoms. The summed E-state index contributed by atoms with van der Waals surface area (Å²) < 4.78 is 66.5. The summed E-state index contributed by atoms with van der Waals surface area (Å²) in [4.78, 5) is 6.17. The molecular weight excluding hydrogens is 447 g/mol. The molecule has 0 unspecified atom stereocenters. The highest BCUT2D eigenvalue weighted by Gasteiger charge is 2.34. The highest BCUT2D eigenvalue weighted by molar-refractivity contribution is 7.89. The minimum Gasteiger partial charge on any atom is -0.345 e. The van der Waals surface area contributed by atoms with Gasteiger partial charge in [-0.25, -0.2) is 13.4 Å². The van der Waals surface area contributed by atoms with Gasteiger partial charge in [0.1, 0.15) is 0 Å². The van der Waals surface area contributed by atoms with E-state index in [2.05, 4.69) is 4.98 Å². The minimum atomic E-state index is -4.60. The quantitative estimate of drug-likeness (QED) is 0.577. The van der Waals surface area contributed by atoms with Crippen LogP contribution in [0.15, 0.2) is 47.4 Å². The average Bonchev–Trinajstić information content (AvgIpc) is 3.11. The highest BCUT2D eigenvalue weighted by atomic mass is 35.5. The molecule has 5 nitrogen and oxygen atoms in total. The summed E-state index contributed by atoms with van der Waals surface area (Å²) >= 11 is 7.47. The summed E-state index contributed by atoms with van der Waals surface area (Å²) in [7, 11) is -4.01. The van der Waals surface area contributed by atoms with Crippen molar-refractivity contribution in [1.29, 1.82) is 0 Å². The van der Waals surface area contributed by atoms with Crippen LogP contribution in [0.2, 0.25) is 5.02 Å². The lowest BCUT2D eigenvalue weighted by Gasteiger charge is -2.33. The minimum absolute atomic E-state index is 0.162. The van der Waals surface area contributed by atoms with E-state index in [0.717, 1.165) is 27.5 Å². The standard InChI is InChI=1S/C18H15ClF3N3O2S2/c19-13-4-5-15-16(11-13)28-17(23-15)24-6-8-25(9-7-24)29(26,27)14-3-1-2-12(10-14)18(20,21)22/h1-5,10-11H,6-9H2. The number of anilines is 1. The fourth-order valence-electron chi connectivity index (χ4n) is 3.12. The number of hydrogen-bond donors (Lipinski definition) is 0. The molecule has 0 amide bonds. The van der Waals surface area contributed by atoms with Crippen molar-refractivity contribution in [2.45, 2.75) is 11.1 Å². The monoisotopic (exact) mass is 461 g/mol. The molecule has 29 heavy (non-hydrogen) atoms. The van der Waals surface area contributed by atoms with Gasteiger partial charge in [-0.3, -0.25) is 0 Å². The number of thiazole rings is 1. The Labute approximate surface area is 174 Å². The fourth-order valence-corrected chi connectivity index (χ4v) is 5.89. The Kier molecular flexibility index (Phi) is 5.22. The maximum atomic E-state index is 12.9. The Balaban J connectivity index is 1.51. The molecular formula is C18H15ClF3N3O2S2. The summed E-state index contributed by atoms with van der Waals surface area (Å²) in [6, 6.07) is 9.24. The van der Waals surface area contributed by atoms with Gasteiger partial charge >= 0.3 is 6.18 Å². The van der Waals surface area contributed by atoms with Crippen molar-refractivity contribution in [2.24, 2.45) is 0 Å². The lowest BCUT2D eigenvalue weighted by Crippen LogP contribution is -2.48. The smallest absolute Gasteiger partial charge is 0.345 e. The van der Waals surface area contributed by atoms with Crippen molar-refractivity contribution in [3.63, 3.8) is 0 Å². The molecule has 0 bridgehead atoms. The van der Waals surface area contributed by atoms with Gasteiger partial charge in [-0.1, -0.05) is 29.0 Å². The summed E-state index contributed by atoms with van der Waals surface area (Å²) in [5, 5.41) is 1.38. The van der Waals surface area contributed by atoms with E-state index in [1.54, 1.807) is 6.07 Å². The lowest BCUT2D eigenvalue weighted by molar-refractivity contribution is -0.137. The SMILES string of the molecule is O=S(=O)(c1cccc(C(F)(F)F)c1)N1CCN(c2nc3ccc(Cl)cc3s2)CC1. The number of aromatic nitrogens is 1. The van der Waals surface area contributed by atoms with Crippen LogP contribution in [0.25, 0.3) is 10.2 Å². The summed E-state index contributed by atoms with van der Waals surface area (Å²) in [5.41, 5.74) is -0.168. The molecule has 0 spiro atoms. The number of hydrogen-bond acceptors (Lipinski definition) is 5. The molecule has 1 fully saturated rings. The van der Waals surface area contributed by atoms with E-state index in [4.69, 9.17) is 11.6 Å². The number of sulfonamides is 1. The largest absolute Gasteiger partial charge is 0.416 e. The van der Waals surface area contributed by atoms with E-state index in [0.29, 0.717) is 24.2 Å². The molecule has 3 aromatic rings. The molecule has 154 valence electrons. The summed E-state index contributed by atoms with van der Waals surface area (Å²) in [6.07, 6.45) is -4.60. The van der Waals surface area contributed by atoms with Crippen LogP contribution in [0, 0.1) is 0 Å². The second kappa shape index (κ2) is 7.42. The van der Waals surface area contributed by atoms with Gasteiger partial charge in [0.15, 0.2) is 5.13 Å². The van der Waals surface area contributed by atoms with E-state index < -0.39 is 21.8 Å². The first-order valence-electron chi connectivity index (χ1n) is 8.63. The average molecular weight is 462 g/mol. The van der Waals surface area contributed by atoms with Crippen molar-refractivity contribution in [3.8, 4) is 0 Å². The van der Waals surface area contributed by atoms with Crippen LogP contribution < -0.4 is 4.90 Å². The number of rotatable bonds is 3. The first-order chi connectivity index (χ1) is 13.6. The van der Waals surface area contributed by atoms with Crippen LogP contribution in [0.4, 0.5) is 18.3 Å². The number of piperazine rings is 1.